The fourth-order valence-corrected chi connectivity index (χ4v) is 1.81. The zero-order valence-electron chi connectivity index (χ0n) is 10.3. The lowest BCUT2D eigenvalue weighted by Gasteiger charge is -2.10. The van der Waals surface area contributed by atoms with Crippen molar-refractivity contribution in [3.8, 4) is 12.3 Å². The summed E-state index contributed by atoms with van der Waals surface area (Å²) in [4.78, 5) is 12.0. The summed E-state index contributed by atoms with van der Waals surface area (Å²) in [5.74, 6) is 2.60. The van der Waals surface area contributed by atoms with Gasteiger partial charge in [-0.25, -0.2) is 0 Å². The summed E-state index contributed by atoms with van der Waals surface area (Å²) in [6.07, 6.45) is 7.06. The Morgan fingerprint density at radius 2 is 2.28 bits per heavy atom. The summed E-state index contributed by atoms with van der Waals surface area (Å²) < 4.78 is 5.47. The van der Waals surface area contributed by atoms with Crippen LogP contribution >= 0.6 is 0 Å². The van der Waals surface area contributed by atoms with Crippen LogP contribution in [-0.2, 0) is 0 Å². The quantitative estimate of drug-likeness (QED) is 0.836. The van der Waals surface area contributed by atoms with Crippen molar-refractivity contribution in [3.05, 3.63) is 36.1 Å². The maximum absolute atomic E-state index is 12.0. The SMILES string of the molecule is C#CC(CCC)NC(=O)c1cc2ccccc2o1. The van der Waals surface area contributed by atoms with E-state index in [1.54, 1.807) is 6.07 Å². The number of hydrogen-bond acceptors (Lipinski definition) is 2. The number of fused-ring (bicyclic) bond motifs is 1. The second kappa shape index (κ2) is 5.42. The van der Waals surface area contributed by atoms with Gasteiger partial charge in [0.1, 0.15) is 5.58 Å². The van der Waals surface area contributed by atoms with E-state index in [9.17, 15) is 4.79 Å². The average molecular weight is 241 g/mol. The molecule has 1 aromatic heterocycles. The van der Waals surface area contributed by atoms with Crippen molar-refractivity contribution >= 4 is 16.9 Å². The topological polar surface area (TPSA) is 42.2 Å². The minimum atomic E-state index is -0.261. The molecule has 1 atom stereocenters. The lowest BCUT2D eigenvalue weighted by molar-refractivity contribution is 0.0918. The van der Waals surface area contributed by atoms with Crippen LogP contribution in [0.4, 0.5) is 0 Å². The van der Waals surface area contributed by atoms with Crippen molar-refractivity contribution < 1.29 is 9.21 Å². The molecule has 0 saturated heterocycles. The molecular formula is C15H15NO2. The molecule has 0 radical (unpaired) electrons. The number of furan rings is 1. The first-order chi connectivity index (χ1) is 8.74. The predicted octanol–water partition coefficient (Wildman–Crippen LogP) is 2.96. The van der Waals surface area contributed by atoms with Crippen molar-refractivity contribution in [2.24, 2.45) is 0 Å². The Morgan fingerprint density at radius 1 is 1.50 bits per heavy atom. The van der Waals surface area contributed by atoms with Crippen LogP contribution in [0.1, 0.15) is 30.3 Å². The third-order valence-corrected chi connectivity index (χ3v) is 2.73. The van der Waals surface area contributed by atoms with Crippen LogP contribution < -0.4 is 5.32 Å². The second-order valence-electron chi connectivity index (χ2n) is 4.13. The molecule has 2 rings (SSSR count). The normalized spacial score (nSPS) is 12.0. The average Bonchev–Trinajstić information content (AvgIpc) is 2.82. The Hall–Kier alpha value is -2.21. The van der Waals surface area contributed by atoms with Crippen molar-refractivity contribution in [2.75, 3.05) is 0 Å². The molecule has 0 aliphatic carbocycles. The standard InChI is InChI=1S/C15H15NO2/c1-3-7-12(4-2)16-15(17)14-10-11-8-5-6-9-13(11)18-14/h2,5-6,8-10,12H,3,7H2,1H3,(H,16,17). The van der Waals surface area contributed by atoms with E-state index in [-0.39, 0.29) is 11.9 Å². The summed E-state index contributed by atoms with van der Waals surface area (Å²) in [6, 6.07) is 8.99. The highest BCUT2D eigenvalue weighted by molar-refractivity contribution is 5.96. The lowest BCUT2D eigenvalue weighted by atomic mass is 10.2. The molecule has 0 spiro atoms. The molecule has 3 nitrogen and oxygen atoms in total. The van der Waals surface area contributed by atoms with E-state index in [1.165, 1.54) is 0 Å². The summed E-state index contributed by atoms with van der Waals surface area (Å²) in [5.41, 5.74) is 0.704. The zero-order chi connectivity index (χ0) is 13.0. The van der Waals surface area contributed by atoms with Crippen molar-refractivity contribution in [3.63, 3.8) is 0 Å². The van der Waals surface area contributed by atoms with Crippen molar-refractivity contribution in [1.82, 2.24) is 5.32 Å². The van der Waals surface area contributed by atoms with Crippen LogP contribution in [0.15, 0.2) is 34.7 Å². The summed E-state index contributed by atoms with van der Waals surface area (Å²) >= 11 is 0. The highest BCUT2D eigenvalue weighted by atomic mass is 16.3. The number of terminal acetylenes is 1. The van der Waals surface area contributed by atoms with E-state index in [0.29, 0.717) is 11.3 Å². The van der Waals surface area contributed by atoms with E-state index >= 15 is 0 Å². The molecule has 0 aliphatic heterocycles. The van der Waals surface area contributed by atoms with E-state index in [1.807, 2.05) is 31.2 Å². The molecule has 1 aromatic carbocycles. The first kappa shape index (κ1) is 12.3. The van der Waals surface area contributed by atoms with Crippen LogP contribution in [0.3, 0.4) is 0 Å². The smallest absolute Gasteiger partial charge is 0.288 e. The Bertz CT molecular complexity index is 559. The minimum absolute atomic E-state index is 0.240. The molecule has 1 N–H and O–H groups in total. The lowest BCUT2D eigenvalue weighted by Crippen LogP contribution is -2.33. The molecule has 18 heavy (non-hydrogen) atoms. The van der Waals surface area contributed by atoms with Gasteiger partial charge in [-0.15, -0.1) is 6.42 Å². The van der Waals surface area contributed by atoms with Gasteiger partial charge in [-0.2, -0.15) is 0 Å². The predicted molar refractivity (Wildman–Crippen MR) is 71.2 cm³/mol. The highest BCUT2D eigenvalue weighted by Gasteiger charge is 2.15. The van der Waals surface area contributed by atoms with Crippen LogP contribution in [0.25, 0.3) is 11.0 Å². The molecule has 3 heteroatoms. The van der Waals surface area contributed by atoms with Gasteiger partial charge in [-0.3, -0.25) is 4.79 Å². The molecule has 1 amide bonds. The van der Waals surface area contributed by atoms with Gasteiger partial charge in [0, 0.05) is 5.39 Å². The number of rotatable bonds is 4. The fourth-order valence-electron chi connectivity index (χ4n) is 1.81. The Balaban J connectivity index is 2.16. The molecule has 0 fully saturated rings. The molecule has 0 aliphatic rings. The number of para-hydroxylation sites is 1. The first-order valence-corrected chi connectivity index (χ1v) is 6.00. The number of carbonyl (C=O) groups is 1. The number of amides is 1. The molecule has 0 saturated carbocycles. The number of nitrogens with one attached hydrogen (secondary N) is 1. The van der Waals surface area contributed by atoms with Crippen LogP contribution in [0.2, 0.25) is 0 Å². The summed E-state index contributed by atoms with van der Waals surface area (Å²) in [7, 11) is 0. The zero-order valence-corrected chi connectivity index (χ0v) is 10.3. The molecule has 1 heterocycles. The van der Waals surface area contributed by atoms with Gasteiger partial charge in [0.2, 0.25) is 0 Å². The number of carbonyl (C=O) groups excluding carboxylic acids is 1. The van der Waals surface area contributed by atoms with E-state index in [0.717, 1.165) is 18.2 Å². The van der Waals surface area contributed by atoms with Crippen molar-refractivity contribution in [1.29, 1.82) is 0 Å². The van der Waals surface area contributed by atoms with Gasteiger partial charge < -0.3 is 9.73 Å². The summed E-state index contributed by atoms with van der Waals surface area (Å²) in [6.45, 7) is 2.03. The van der Waals surface area contributed by atoms with Gasteiger partial charge in [-0.1, -0.05) is 37.5 Å². The molecule has 0 bridgehead atoms. The van der Waals surface area contributed by atoms with Gasteiger partial charge in [-0.05, 0) is 18.6 Å². The highest BCUT2D eigenvalue weighted by Crippen LogP contribution is 2.18. The van der Waals surface area contributed by atoms with Crippen LogP contribution in [0.5, 0.6) is 0 Å². The van der Waals surface area contributed by atoms with Crippen LogP contribution in [-0.4, -0.2) is 11.9 Å². The minimum Gasteiger partial charge on any atom is -0.451 e. The molecule has 2 aromatic rings. The largest absolute Gasteiger partial charge is 0.451 e. The van der Waals surface area contributed by atoms with Gasteiger partial charge >= 0.3 is 0 Å². The van der Waals surface area contributed by atoms with E-state index in [2.05, 4.69) is 11.2 Å². The van der Waals surface area contributed by atoms with Gasteiger partial charge in [0.05, 0.1) is 6.04 Å². The fraction of sp³-hybridized carbons (Fsp3) is 0.267. The van der Waals surface area contributed by atoms with Crippen LogP contribution in [0, 0.1) is 12.3 Å². The van der Waals surface area contributed by atoms with Crippen molar-refractivity contribution in [2.45, 2.75) is 25.8 Å². The number of benzene rings is 1. The summed E-state index contributed by atoms with van der Waals surface area (Å²) in [5, 5.41) is 3.69. The number of hydrogen-bond donors (Lipinski definition) is 1. The molecule has 92 valence electrons. The third kappa shape index (κ3) is 2.54. The Kier molecular flexibility index (Phi) is 3.69. The monoisotopic (exact) mass is 241 g/mol. The van der Waals surface area contributed by atoms with Gasteiger partial charge in [0.15, 0.2) is 5.76 Å². The van der Waals surface area contributed by atoms with E-state index < -0.39 is 0 Å². The first-order valence-electron chi connectivity index (χ1n) is 6.00. The Labute approximate surface area is 106 Å². The Morgan fingerprint density at radius 3 is 2.94 bits per heavy atom. The van der Waals surface area contributed by atoms with Gasteiger partial charge in [0.25, 0.3) is 5.91 Å². The second-order valence-corrected chi connectivity index (χ2v) is 4.13. The third-order valence-electron chi connectivity index (χ3n) is 2.73. The molecular weight excluding hydrogens is 226 g/mol. The van der Waals surface area contributed by atoms with E-state index in [4.69, 9.17) is 10.8 Å². The maximum atomic E-state index is 12.0. The molecule has 1 unspecified atom stereocenters. The maximum Gasteiger partial charge on any atom is 0.288 e.